The SMILES string of the molecule is Cc1ccc(C(=O)N(C)C2CCCC2)c(Br)c1. The first kappa shape index (κ1) is 12.6. The lowest BCUT2D eigenvalue weighted by Gasteiger charge is -2.24. The number of hydrogen-bond donors (Lipinski definition) is 0. The summed E-state index contributed by atoms with van der Waals surface area (Å²) >= 11 is 3.48. The Morgan fingerprint density at radius 3 is 2.59 bits per heavy atom. The number of rotatable bonds is 2. The van der Waals surface area contributed by atoms with Crippen molar-refractivity contribution in [3.8, 4) is 0 Å². The molecule has 0 atom stereocenters. The minimum Gasteiger partial charge on any atom is -0.339 e. The second-order valence-electron chi connectivity index (χ2n) is 4.84. The largest absolute Gasteiger partial charge is 0.339 e. The quantitative estimate of drug-likeness (QED) is 0.813. The third-order valence-corrected chi connectivity index (χ3v) is 4.20. The van der Waals surface area contributed by atoms with Crippen molar-refractivity contribution in [1.29, 1.82) is 0 Å². The predicted molar refractivity (Wildman–Crippen MR) is 73.2 cm³/mol. The molecule has 3 heteroatoms. The Morgan fingerprint density at radius 2 is 2.00 bits per heavy atom. The molecule has 0 aromatic heterocycles. The maximum Gasteiger partial charge on any atom is 0.254 e. The van der Waals surface area contributed by atoms with Crippen molar-refractivity contribution in [2.75, 3.05) is 7.05 Å². The average molecular weight is 296 g/mol. The van der Waals surface area contributed by atoms with Crippen molar-refractivity contribution in [1.82, 2.24) is 4.90 Å². The van der Waals surface area contributed by atoms with E-state index in [0.29, 0.717) is 6.04 Å². The van der Waals surface area contributed by atoms with Crippen LogP contribution in [-0.2, 0) is 0 Å². The van der Waals surface area contributed by atoms with Crippen LogP contribution in [0.3, 0.4) is 0 Å². The van der Waals surface area contributed by atoms with Crippen LogP contribution in [0, 0.1) is 6.92 Å². The fraction of sp³-hybridized carbons (Fsp3) is 0.500. The zero-order chi connectivity index (χ0) is 12.4. The first-order valence-electron chi connectivity index (χ1n) is 6.13. The van der Waals surface area contributed by atoms with Crippen LogP contribution in [0.1, 0.15) is 41.6 Å². The third-order valence-electron chi connectivity index (χ3n) is 3.55. The Bertz CT molecular complexity index is 424. The summed E-state index contributed by atoms with van der Waals surface area (Å²) in [7, 11) is 1.92. The molecule has 1 fully saturated rings. The van der Waals surface area contributed by atoms with Crippen molar-refractivity contribution < 1.29 is 4.79 Å². The summed E-state index contributed by atoms with van der Waals surface area (Å²) < 4.78 is 0.896. The van der Waals surface area contributed by atoms with Gasteiger partial charge in [0, 0.05) is 17.6 Å². The molecule has 1 amide bonds. The summed E-state index contributed by atoms with van der Waals surface area (Å²) in [5.74, 6) is 0.128. The number of carbonyl (C=O) groups excluding carboxylic acids is 1. The second kappa shape index (κ2) is 5.21. The van der Waals surface area contributed by atoms with Gasteiger partial charge in [0.15, 0.2) is 0 Å². The van der Waals surface area contributed by atoms with E-state index in [1.54, 1.807) is 0 Å². The van der Waals surface area contributed by atoms with Gasteiger partial charge in [0.05, 0.1) is 5.56 Å². The van der Waals surface area contributed by atoms with Crippen LogP contribution in [0.15, 0.2) is 22.7 Å². The van der Waals surface area contributed by atoms with Crippen molar-refractivity contribution in [2.45, 2.75) is 38.6 Å². The molecule has 0 N–H and O–H groups in total. The fourth-order valence-corrected chi connectivity index (χ4v) is 3.10. The van der Waals surface area contributed by atoms with Gasteiger partial charge in [-0.25, -0.2) is 0 Å². The molecule has 2 rings (SSSR count). The van der Waals surface area contributed by atoms with Gasteiger partial charge in [0.2, 0.25) is 0 Å². The Hall–Kier alpha value is -0.830. The summed E-state index contributed by atoms with van der Waals surface area (Å²) in [6.45, 7) is 2.03. The van der Waals surface area contributed by atoms with E-state index in [0.717, 1.165) is 28.4 Å². The van der Waals surface area contributed by atoms with Gasteiger partial charge in [-0.05, 0) is 53.4 Å². The van der Waals surface area contributed by atoms with Crippen LogP contribution in [0.25, 0.3) is 0 Å². The minimum absolute atomic E-state index is 0.128. The third kappa shape index (κ3) is 2.71. The van der Waals surface area contributed by atoms with Gasteiger partial charge in [-0.1, -0.05) is 18.9 Å². The number of aryl methyl sites for hydroxylation is 1. The van der Waals surface area contributed by atoms with Gasteiger partial charge in [0.25, 0.3) is 5.91 Å². The monoisotopic (exact) mass is 295 g/mol. The molecular formula is C14H18BrNO. The van der Waals surface area contributed by atoms with Crippen LogP contribution < -0.4 is 0 Å². The molecule has 0 saturated heterocycles. The van der Waals surface area contributed by atoms with E-state index in [4.69, 9.17) is 0 Å². The van der Waals surface area contributed by atoms with Crippen molar-refractivity contribution in [2.24, 2.45) is 0 Å². The molecule has 0 radical (unpaired) electrons. The van der Waals surface area contributed by atoms with Crippen LogP contribution in [0.2, 0.25) is 0 Å². The average Bonchev–Trinajstić information content (AvgIpc) is 2.80. The molecule has 1 aliphatic carbocycles. The maximum absolute atomic E-state index is 12.4. The first-order chi connectivity index (χ1) is 8.09. The number of carbonyl (C=O) groups is 1. The number of hydrogen-bond acceptors (Lipinski definition) is 1. The molecule has 0 spiro atoms. The lowest BCUT2D eigenvalue weighted by Crippen LogP contribution is -2.35. The Morgan fingerprint density at radius 1 is 1.35 bits per heavy atom. The second-order valence-corrected chi connectivity index (χ2v) is 5.69. The highest BCUT2D eigenvalue weighted by Crippen LogP contribution is 2.26. The number of amides is 1. The lowest BCUT2D eigenvalue weighted by atomic mass is 10.1. The topological polar surface area (TPSA) is 20.3 Å². The lowest BCUT2D eigenvalue weighted by molar-refractivity contribution is 0.0734. The summed E-state index contributed by atoms with van der Waals surface area (Å²) in [6, 6.07) is 6.32. The van der Waals surface area contributed by atoms with Gasteiger partial charge >= 0.3 is 0 Å². The van der Waals surface area contributed by atoms with E-state index in [2.05, 4.69) is 15.9 Å². The van der Waals surface area contributed by atoms with Gasteiger partial charge < -0.3 is 4.90 Å². The summed E-state index contributed by atoms with van der Waals surface area (Å²) in [6.07, 6.45) is 4.78. The molecule has 1 aliphatic rings. The molecule has 17 heavy (non-hydrogen) atoms. The predicted octanol–water partition coefficient (Wildman–Crippen LogP) is 3.77. The molecule has 92 valence electrons. The highest BCUT2D eigenvalue weighted by molar-refractivity contribution is 9.10. The van der Waals surface area contributed by atoms with Crippen molar-refractivity contribution in [3.05, 3.63) is 33.8 Å². The van der Waals surface area contributed by atoms with Gasteiger partial charge in [-0.15, -0.1) is 0 Å². The van der Waals surface area contributed by atoms with Crippen molar-refractivity contribution in [3.63, 3.8) is 0 Å². The van der Waals surface area contributed by atoms with Gasteiger partial charge in [-0.3, -0.25) is 4.79 Å². The van der Waals surface area contributed by atoms with E-state index < -0.39 is 0 Å². The van der Waals surface area contributed by atoms with E-state index in [1.165, 1.54) is 12.8 Å². The van der Waals surface area contributed by atoms with E-state index in [9.17, 15) is 4.79 Å². The van der Waals surface area contributed by atoms with Crippen LogP contribution in [-0.4, -0.2) is 23.9 Å². The standard InChI is InChI=1S/C14H18BrNO/c1-10-7-8-12(13(15)9-10)14(17)16(2)11-5-3-4-6-11/h7-9,11H,3-6H2,1-2H3. The zero-order valence-electron chi connectivity index (χ0n) is 10.4. The molecule has 0 unspecified atom stereocenters. The summed E-state index contributed by atoms with van der Waals surface area (Å²) in [4.78, 5) is 14.3. The van der Waals surface area contributed by atoms with Crippen LogP contribution >= 0.6 is 15.9 Å². The smallest absolute Gasteiger partial charge is 0.254 e. The van der Waals surface area contributed by atoms with Crippen molar-refractivity contribution >= 4 is 21.8 Å². The van der Waals surface area contributed by atoms with E-state index in [1.807, 2.05) is 37.1 Å². The minimum atomic E-state index is 0.128. The molecule has 0 aliphatic heterocycles. The van der Waals surface area contributed by atoms with Gasteiger partial charge in [0.1, 0.15) is 0 Å². The highest BCUT2D eigenvalue weighted by Gasteiger charge is 2.25. The molecule has 1 aromatic carbocycles. The van der Waals surface area contributed by atoms with Crippen LogP contribution in [0.4, 0.5) is 0 Å². The van der Waals surface area contributed by atoms with E-state index in [-0.39, 0.29) is 5.91 Å². The molecule has 0 bridgehead atoms. The highest BCUT2D eigenvalue weighted by atomic mass is 79.9. The van der Waals surface area contributed by atoms with Gasteiger partial charge in [-0.2, -0.15) is 0 Å². The molecule has 2 nitrogen and oxygen atoms in total. The fourth-order valence-electron chi connectivity index (χ4n) is 2.44. The molecule has 1 aromatic rings. The Kier molecular flexibility index (Phi) is 3.87. The zero-order valence-corrected chi connectivity index (χ0v) is 12.0. The number of benzene rings is 1. The normalized spacial score (nSPS) is 16.2. The Balaban J connectivity index is 2.18. The molecule has 0 heterocycles. The first-order valence-corrected chi connectivity index (χ1v) is 6.92. The number of nitrogens with zero attached hydrogens (tertiary/aromatic N) is 1. The Labute approximate surface area is 111 Å². The van der Waals surface area contributed by atoms with Crippen LogP contribution in [0.5, 0.6) is 0 Å². The maximum atomic E-state index is 12.4. The number of halogens is 1. The molecule has 1 saturated carbocycles. The summed E-state index contributed by atoms with van der Waals surface area (Å²) in [5, 5.41) is 0. The molecular weight excluding hydrogens is 278 g/mol. The summed E-state index contributed by atoms with van der Waals surface area (Å²) in [5.41, 5.74) is 1.93. The van der Waals surface area contributed by atoms with E-state index >= 15 is 0 Å².